The lowest BCUT2D eigenvalue weighted by Crippen LogP contribution is -2.38. The average Bonchev–Trinajstić information content (AvgIpc) is 3.40. The molecule has 3 heterocycles. The van der Waals surface area contributed by atoms with Crippen LogP contribution in [0.3, 0.4) is 0 Å². The Bertz CT molecular complexity index is 1410. The van der Waals surface area contributed by atoms with Crippen molar-refractivity contribution in [2.24, 2.45) is 0 Å². The summed E-state index contributed by atoms with van der Waals surface area (Å²) in [4.78, 5) is 40.0. The molecule has 0 bridgehead atoms. The molecule has 184 valence electrons. The van der Waals surface area contributed by atoms with E-state index < -0.39 is 0 Å². The topological polar surface area (TPSA) is 109 Å². The van der Waals surface area contributed by atoms with Gasteiger partial charge in [-0.05, 0) is 43.0 Å². The molecule has 35 heavy (non-hydrogen) atoms. The molecule has 1 atom stereocenters. The van der Waals surface area contributed by atoms with E-state index in [0.29, 0.717) is 26.1 Å². The molecule has 0 radical (unpaired) electrons. The molecule has 1 amide bonds. The highest BCUT2D eigenvalue weighted by atomic mass is 32.1. The van der Waals surface area contributed by atoms with Crippen molar-refractivity contribution in [1.82, 2.24) is 19.9 Å². The lowest BCUT2D eigenvalue weighted by molar-refractivity contribution is 0.0496. The first-order valence-corrected chi connectivity index (χ1v) is 13.3. The van der Waals surface area contributed by atoms with Crippen LogP contribution in [0.2, 0.25) is 0 Å². The maximum Gasteiger partial charge on any atom is 0.410 e. The summed E-state index contributed by atoms with van der Waals surface area (Å²) in [6.07, 6.45) is 4.22. The Hall–Kier alpha value is -3.02. The van der Waals surface area contributed by atoms with Crippen LogP contribution in [-0.4, -0.2) is 58.9 Å². The minimum atomic E-state index is -0.275. The third-order valence-corrected chi connectivity index (χ3v) is 8.08. The molecule has 0 spiro atoms. The van der Waals surface area contributed by atoms with Crippen molar-refractivity contribution in [1.29, 1.82) is 0 Å². The Kier molecular flexibility index (Phi) is 6.98. The zero-order valence-corrected chi connectivity index (χ0v) is 21.3. The number of methoxy groups -OCH3 is 1. The molecule has 1 aliphatic rings. The maximum absolute atomic E-state index is 12.7. The first-order valence-electron chi connectivity index (χ1n) is 11.6. The highest BCUT2D eigenvalue weighted by Gasteiger charge is 2.28. The van der Waals surface area contributed by atoms with Gasteiger partial charge in [0, 0.05) is 37.2 Å². The Balaban J connectivity index is 1.35. The minimum Gasteiger partial charge on any atom is -0.446 e. The van der Waals surface area contributed by atoms with E-state index in [1.165, 1.54) is 21.8 Å². The summed E-state index contributed by atoms with van der Waals surface area (Å²) in [6.45, 7) is 3.71. The maximum atomic E-state index is 12.7. The lowest BCUT2D eigenvalue weighted by Gasteiger charge is -2.27. The monoisotopic (exact) mass is 513 g/mol. The fourth-order valence-corrected chi connectivity index (χ4v) is 6.45. The second-order valence-electron chi connectivity index (χ2n) is 8.49. The van der Waals surface area contributed by atoms with E-state index in [1.54, 1.807) is 29.7 Å². The van der Waals surface area contributed by atoms with Gasteiger partial charge in [-0.3, -0.25) is 4.79 Å². The standard InChI is InChI=1S/C24H27N5O4S2/c1-3-8-29(9-10-32-2)24(31)33-15-5-6-16-18(12-15)34-22-20(16)21(25-13-26-22)27-14-4-7-17-19(11-14)35-23(30)28-17/h4,7,11,13,15H,3,5-6,8-10,12H2,1-2H3,(H,28,30)(H,25,26,27). The number of fused-ring (bicyclic) bond motifs is 4. The number of amides is 1. The van der Waals surface area contributed by atoms with Gasteiger partial charge in [0.05, 0.1) is 22.2 Å². The van der Waals surface area contributed by atoms with Crippen molar-refractivity contribution in [2.45, 2.75) is 38.7 Å². The number of hydrogen-bond donors (Lipinski definition) is 2. The first-order chi connectivity index (χ1) is 17.1. The number of ether oxygens (including phenoxy) is 2. The number of benzene rings is 1. The highest BCUT2D eigenvalue weighted by Crippen LogP contribution is 2.39. The summed E-state index contributed by atoms with van der Waals surface area (Å²) in [7, 11) is 1.63. The van der Waals surface area contributed by atoms with Crippen LogP contribution >= 0.6 is 22.7 Å². The van der Waals surface area contributed by atoms with Gasteiger partial charge in [-0.1, -0.05) is 18.3 Å². The van der Waals surface area contributed by atoms with Crippen molar-refractivity contribution in [3.63, 3.8) is 0 Å². The van der Waals surface area contributed by atoms with Crippen LogP contribution in [0.5, 0.6) is 0 Å². The number of nitrogens with zero attached hydrogens (tertiary/aromatic N) is 3. The molecule has 0 saturated heterocycles. The molecule has 3 aromatic heterocycles. The fourth-order valence-electron chi connectivity index (χ4n) is 4.42. The number of anilines is 2. The Morgan fingerprint density at radius 1 is 1.29 bits per heavy atom. The lowest BCUT2D eigenvalue weighted by atomic mass is 9.94. The number of carbonyl (C=O) groups is 1. The zero-order valence-electron chi connectivity index (χ0n) is 19.6. The quantitative estimate of drug-likeness (QED) is 0.352. The third-order valence-electron chi connectivity index (χ3n) is 6.07. The Labute approximate surface area is 210 Å². The number of thiazole rings is 1. The molecule has 1 unspecified atom stereocenters. The van der Waals surface area contributed by atoms with Crippen molar-refractivity contribution >= 4 is 60.7 Å². The van der Waals surface area contributed by atoms with Crippen LogP contribution < -0.4 is 10.2 Å². The molecule has 0 saturated carbocycles. The number of H-pyrrole nitrogens is 1. The van der Waals surface area contributed by atoms with Gasteiger partial charge in [0.25, 0.3) is 0 Å². The van der Waals surface area contributed by atoms with E-state index in [2.05, 4.69) is 20.3 Å². The molecular formula is C24H27N5O4S2. The van der Waals surface area contributed by atoms with Crippen LogP contribution in [0.25, 0.3) is 20.4 Å². The van der Waals surface area contributed by atoms with Gasteiger partial charge in [0.1, 0.15) is 23.1 Å². The predicted molar refractivity (Wildman–Crippen MR) is 139 cm³/mol. The number of thiophene rings is 1. The van der Waals surface area contributed by atoms with Crippen molar-refractivity contribution in [3.8, 4) is 0 Å². The third kappa shape index (κ3) is 5.02. The van der Waals surface area contributed by atoms with E-state index in [0.717, 1.165) is 51.2 Å². The van der Waals surface area contributed by atoms with Gasteiger partial charge in [-0.2, -0.15) is 0 Å². The smallest absolute Gasteiger partial charge is 0.410 e. The van der Waals surface area contributed by atoms with Crippen LogP contribution in [0.1, 0.15) is 30.2 Å². The molecule has 0 fully saturated rings. The summed E-state index contributed by atoms with van der Waals surface area (Å²) in [5, 5.41) is 4.44. The Morgan fingerprint density at radius 2 is 2.17 bits per heavy atom. The van der Waals surface area contributed by atoms with Crippen molar-refractivity contribution in [2.75, 3.05) is 32.1 Å². The number of rotatable bonds is 8. The largest absolute Gasteiger partial charge is 0.446 e. The molecule has 5 rings (SSSR count). The minimum absolute atomic E-state index is 0.0692. The second kappa shape index (κ2) is 10.3. The molecule has 0 aliphatic heterocycles. The number of nitrogens with one attached hydrogen (secondary N) is 2. The van der Waals surface area contributed by atoms with Gasteiger partial charge in [0.2, 0.25) is 0 Å². The zero-order chi connectivity index (χ0) is 24.4. The predicted octanol–water partition coefficient (Wildman–Crippen LogP) is 4.69. The summed E-state index contributed by atoms with van der Waals surface area (Å²) >= 11 is 2.82. The summed E-state index contributed by atoms with van der Waals surface area (Å²) in [6, 6.07) is 5.77. The van der Waals surface area contributed by atoms with Gasteiger partial charge in [-0.25, -0.2) is 14.8 Å². The molecule has 9 nitrogen and oxygen atoms in total. The Morgan fingerprint density at radius 3 is 3.00 bits per heavy atom. The van der Waals surface area contributed by atoms with E-state index in [-0.39, 0.29) is 17.1 Å². The molecule has 2 N–H and O–H groups in total. The number of carbonyl (C=O) groups excluding carboxylic acids is 1. The molecule has 4 aromatic rings. The van der Waals surface area contributed by atoms with Gasteiger partial charge in [0.15, 0.2) is 0 Å². The van der Waals surface area contributed by atoms with Gasteiger partial charge >= 0.3 is 11.0 Å². The van der Waals surface area contributed by atoms with Gasteiger partial charge < -0.3 is 24.7 Å². The normalized spacial score (nSPS) is 15.3. The van der Waals surface area contributed by atoms with E-state index in [9.17, 15) is 9.59 Å². The van der Waals surface area contributed by atoms with E-state index in [1.807, 2.05) is 25.1 Å². The average molecular weight is 514 g/mol. The van der Waals surface area contributed by atoms with Crippen LogP contribution in [0.15, 0.2) is 29.3 Å². The van der Waals surface area contributed by atoms with Crippen LogP contribution in [0.4, 0.5) is 16.3 Å². The van der Waals surface area contributed by atoms with Crippen molar-refractivity contribution in [3.05, 3.63) is 44.6 Å². The first kappa shape index (κ1) is 23.7. The summed E-state index contributed by atoms with van der Waals surface area (Å²) in [5.74, 6) is 0.749. The summed E-state index contributed by atoms with van der Waals surface area (Å²) in [5.41, 5.74) is 2.91. The highest BCUT2D eigenvalue weighted by molar-refractivity contribution is 7.19. The number of hydrogen-bond acceptors (Lipinski definition) is 9. The van der Waals surface area contributed by atoms with E-state index in [4.69, 9.17) is 9.47 Å². The number of aromatic nitrogens is 3. The van der Waals surface area contributed by atoms with Crippen LogP contribution in [-0.2, 0) is 22.3 Å². The van der Waals surface area contributed by atoms with Crippen LogP contribution in [0, 0.1) is 0 Å². The molecule has 1 aromatic carbocycles. The molecule has 11 heteroatoms. The van der Waals surface area contributed by atoms with E-state index >= 15 is 0 Å². The molecular weight excluding hydrogens is 486 g/mol. The SMILES string of the molecule is CCCN(CCOC)C(=O)OC1CCc2c(sc3ncnc(Nc4ccc5[nH]c(=O)sc5c4)c23)C1. The second-order valence-corrected chi connectivity index (χ2v) is 10.6. The fraction of sp³-hybridized carbons (Fsp3) is 0.417. The van der Waals surface area contributed by atoms with Gasteiger partial charge in [-0.15, -0.1) is 11.3 Å². The number of aromatic amines is 1. The van der Waals surface area contributed by atoms with Crippen molar-refractivity contribution < 1.29 is 14.3 Å². The molecule has 1 aliphatic carbocycles. The summed E-state index contributed by atoms with van der Waals surface area (Å²) < 4.78 is 11.9. The number of aryl methyl sites for hydroxylation is 1.